The molecule has 3 aromatic rings. The Balaban J connectivity index is 1.85. The van der Waals surface area contributed by atoms with Crippen LogP contribution in [0, 0.1) is 0 Å². The molecule has 0 saturated heterocycles. The van der Waals surface area contributed by atoms with E-state index in [0.29, 0.717) is 5.75 Å². The first-order valence-electron chi connectivity index (χ1n) is 9.64. The van der Waals surface area contributed by atoms with Crippen LogP contribution >= 0.6 is 0 Å². The van der Waals surface area contributed by atoms with Gasteiger partial charge in [0.25, 0.3) is 0 Å². The SMILES string of the molecule is CCC(C)Nc1cc(-c2cccc3c2OCO3)cc(-c2ccc(O)c(OC)c2)n1. The third kappa shape index (κ3) is 3.78. The minimum Gasteiger partial charge on any atom is -0.504 e. The van der Waals surface area contributed by atoms with Gasteiger partial charge >= 0.3 is 0 Å². The van der Waals surface area contributed by atoms with E-state index in [-0.39, 0.29) is 18.6 Å². The Kier molecular flexibility index (Phi) is 5.16. The van der Waals surface area contributed by atoms with Crippen molar-refractivity contribution in [3.8, 4) is 45.4 Å². The Hall–Kier alpha value is -3.41. The molecule has 1 unspecified atom stereocenters. The first-order chi connectivity index (χ1) is 14.1. The van der Waals surface area contributed by atoms with Gasteiger partial charge < -0.3 is 24.6 Å². The Labute approximate surface area is 170 Å². The van der Waals surface area contributed by atoms with E-state index < -0.39 is 0 Å². The van der Waals surface area contributed by atoms with Crippen molar-refractivity contribution in [2.45, 2.75) is 26.3 Å². The number of anilines is 1. The number of aromatic hydroxyl groups is 1. The molecule has 0 aliphatic carbocycles. The maximum absolute atomic E-state index is 9.94. The minimum atomic E-state index is 0.0942. The summed E-state index contributed by atoms with van der Waals surface area (Å²) in [6.45, 7) is 4.47. The molecule has 2 N–H and O–H groups in total. The van der Waals surface area contributed by atoms with Gasteiger partial charge in [-0.1, -0.05) is 19.1 Å². The number of rotatable bonds is 6. The molecule has 29 heavy (non-hydrogen) atoms. The van der Waals surface area contributed by atoms with Crippen molar-refractivity contribution in [3.63, 3.8) is 0 Å². The van der Waals surface area contributed by atoms with E-state index in [2.05, 4.69) is 19.2 Å². The van der Waals surface area contributed by atoms with Crippen LogP contribution in [0.15, 0.2) is 48.5 Å². The van der Waals surface area contributed by atoms with Crippen molar-refractivity contribution in [1.29, 1.82) is 0 Å². The fourth-order valence-corrected chi connectivity index (χ4v) is 3.26. The van der Waals surface area contributed by atoms with Crippen LogP contribution < -0.4 is 19.5 Å². The molecule has 6 heteroatoms. The van der Waals surface area contributed by atoms with Crippen molar-refractivity contribution in [1.82, 2.24) is 4.98 Å². The number of phenols is 1. The molecule has 1 atom stereocenters. The zero-order chi connectivity index (χ0) is 20.4. The van der Waals surface area contributed by atoms with Crippen molar-refractivity contribution in [2.75, 3.05) is 19.2 Å². The predicted molar refractivity (Wildman–Crippen MR) is 113 cm³/mol. The highest BCUT2D eigenvalue weighted by atomic mass is 16.7. The Morgan fingerprint density at radius 1 is 1.14 bits per heavy atom. The smallest absolute Gasteiger partial charge is 0.231 e. The first kappa shape index (κ1) is 18.9. The standard InChI is InChI=1S/C23H24N2O4/c1-4-14(2)24-22-12-16(17-6-5-7-20-23(17)29-13-28-20)10-18(25-22)15-8-9-19(26)21(11-15)27-3/h5-12,14,26H,4,13H2,1-3H3,(H,24,25). The molecule has 0 bridgehead atoms. The van der Waals surface area contributed by atoms with E-state index in [0.717, 1.165) is 46.1 Å². The molecule has 2 aromatic carbocycles. The van der Waals surface area contributed by atoms with Crippen molar-refractivity contribution in [3.05, 3.63) is 48.5 Å². The van der Waals surface area contributed by atoms with E-state index in [4.69, 9.17) is 19.2 Å². The molecule has 0 fully saturated rings. The van der Waals surface area contributed by atoms with Crippen LogP contribution in [-0.4, -0.2) is 30.0 Å². The van der Waals surface area contributed by atoms with Crippen molar-refractivity contribution in [2.24, 2.45) is 0 Å². The molecule has 4 rings (SSSR count). The molecule has 1 aromatic heterocycles. The third-order valence-corrected chi connectivity index (χ3v) is 5.02. The number of pyridine rings is 1. The van der Waals surface area contributed by atoms with Gasteiger partial charge in [0.1, 0.15) is 5.82 Å². The van der Waals surface area contributed by atoms with E-state index >= 15 is 0 Å². The van der Waals surface area contributed by atoms with Gasteiger partial charge in [-0.05, 0) is 55.3 Å². The van der Waals surface area contributed by atoms with Crippen molar-refractivity contribution >= 4 is 5.82 Å². The van der Waals surface area contributed by atoms with Gasteiger partial charge in [-0.25, -0.2) is 4.98 Å². The number of aromatic nitrogens is 1. The molecule has 0 saturated carbocycles. The number of para-hydroxylation sites is 1. The lowest BCUT2D eigenvalue weighted by Crippen LogP contribution is -2.14. The normalized spacial score (nSPS) is 13.2. The second-order valence-electron chi connectivity index (χ2n) is 7.01. The van der Waals surface area contributed by atoms with Crippen LogP contribution in [-0.2, 0) is 0 Å². The van der Waals surface area contributed by atoms with Gasteiger partial charge in [-0.15, -0.1) is 0 Å². The molecule has 0 amide bonds. The summed E-state index contributed by atoms with van der Waals surface area (Å²) < 4.78 is 16.5. The predicted octanol–water partition coefficient (Wildman–Crippen LogP) is 5.07. The third-order valence-electron chi connectivity index (χ3n) is 5.02. The monoisotopic (exact) mass is 392 g/mol. The molecule has 150 valence electrons. The molecule has 2 heterocycles. The molecule has 0 spiro atoms. The van der Waals surface area contributed by atoms with E-state index in [1.54, 1.807) is 12.1 Å². The molecule has 1 aliphatic heterocycles. The van der Waals surface area contributed by atoms with E-state index in [1.807, 2.05) is 36.4 Å². The summed E-state index contributed by atoms with van der Waals surface area (Å²) in [6, 6.07) is 15.4. The van der Waals surface area contributed by atoms with Gasteiger partial charge in [0.15, 0.2) is 23.0 Å². The number of fused-ring (bicyclic) bond motifs is 1. The molecule has 0 radical (unpaired) electrons. The summed E-state index contributed by atoms with van der Waals surface area (Å²) in [5.74, 6) is 2.75. The highest BCUT2D eigenvalue weighted by Crippen LogP contribution is 2.42. The zero-order valence-electron chi connectivity index (χ0n) is 16.7. The minimum absolute atomic E-state index is 0.0942. The van der Waals surface area contributed by atoms with Crippen LogP contribution in [0.4, 0.5) is 5.82 Å². The van der Waals surface area contributed by atoms with Gasteiger partial charge in [0.05, 0.1) is 12.8 Å². The van der Waals surface area contributed by atoms with Crippen LogP contribution in [0.1, 0.15) is 20.3 Å². The molecule has 1 aliphatic rings. The number of nitrogens with one attached hydrogen (secondary N) is 1. The average Bonchev–Trinajstić information content (AvgIpc) is 3.22. The van der Waals surface area contributed by atoms with E-state index in [1.165, 1.54) is 7.11 Å². The topological polar surface area (TPSA) is 72.8 Å². The van der Waals surface area contributed by atoms with Crippen LogP contribution in [0.2, 0.25) is 0 Å². The number of ether oxygens (including phenoxy) is 3. The first-order valence-corrected chi connectivity index (χ1v) is 9.64. The lowest BCUT2D eigenvalue weighted by Gasteiger charge is -2.16. The van der Waals surface area contributed by atoms with Crippen LogP contribution in [0.5, 0.6) is 23.0 Å². The fourth-order valence-electron chi connectivity index (χ4n) is 3.26. The number of methoxy groups -OCH3 is 1. The lowest BCUT2D eigenvalue weighted by atomic mass is 10.0. The maximum atomic E-state index is 9.94. The molecule has 6 nitrogen and oxygen atoms in total. The van der Waals surface area contributed by atoms with E-state index in [9.17, 15) is 5.11 Å². The highest BCUT2D eigenvalue weighted by Gasteiger charge is 2.20. The number of benzene rings is 2. The van der Waals surface area contributed by atoms with Crippen LogP contribution in [0.3, 0.4) is 0 Å². The Morgan fingerprint density at radius 2 is 2.00 bits per heavy atom. The van der Waals surface area contributed by atoms with Crippen molar-refractivity contribution < 1.29 is 19.3 Å². The second kappa shape index (κ2) is 7.91. The summed E-state index contributed by atoms with van der Waals surface area (Å²) in [5, 5.41) is 13.4. The summed E-state index contributed by atoms with van der Waals surface area (Å²) in [4.78, 5) is 4.80. The second-order valence-corrected chi connectivity index (χ2v) is 7.01. The number of nitrogens with zero attached hydrogens (tertiary/aromatic N) is 1. The molecular weight excluding hydrogens is 368 g/mol. The Bertz CT molecular complexity index is 1040. The van der Waals surface area contributed by atoms with Gasteiger partial charge in [-0.3, -0.25) is 0 Å². The largest absolute Gasteiger partial charge is 0.504 e. The Morgan fingerprint density at radius 3 is 2.79 bits per heavy atom. The fraction of sp³-hybridized carbons (Fsp3) is 0.261. The molecular formula is C23H24N2O4. The number of hydrogen-bond donors (Lipinski definition) is 2. The summed E-state index contributed by atoms with van der Waals surface area (Å²) in [7, 11) is 1.53. The summed E-state index contributed by atoms with van der Waals surface area (Å²) in [6.07, 6.45) is 0.978. The van der Waals surface area contributed by atoms with Gasteiger partial charge in [0, 0.05) is 17.2 Å². The average molecular weight is 392 g/mol. The van der Waals surface area contributed by atoms with Gasteiger partial charge in [0.2, 0.25) is 6.79 Å². The highest BCUT2D eigenvalue weighted by molar-refractivity contribution is 5.80. The number of hydrogen-bond acceptors (Lipinski definition) is 6. The summed E-state index contributed by atoms with van der Waals surface area (Å²) in [5.41, 5.74) is 3.53. The summed E-state index contributed by atoms with van der Waals surface area (Å²) >= 11 is 0. The zero-order valence-corrected chi connectivity index (χ0v) is 16.7. The maximum Gasteiger partial charge on any atom is 0.231 e. The van der Waals surface area contributed by atoms with Crippen LogP contribution in [0.25, 0.3) is 22.4 Å². The lowest BCUT2D eigenvalue weighted by molar-refractivity contribution is 0.174. The van der Waals surface area contributed by atoms with Gasteiger partial charge in [-0.2, -0.15) is 0 Å². The number of phenolic OH excluding ortho intramolecular Hbond substituents is 1. The quantitative estimate of drug-likeness (QED) is 0.610.